The zero-order chi connectivity index (χ0) is 14.0. The van der Waals surface area contributed by atoms with E-state index in [0.29, 0.717) is 10.7 Å². The molecule has 0 bridgehead atoms. The first kappa shape index (κ1) is 13.3. The van der Waals surface area contributed by atoms with Crippen LogP contribution in [0.5, 0.6) is 0 Å². The number of nitrogens with zero attached hydrogens (tertiary/aromatic N) is 3. The fourth-order valence-corrected chi connectivity index (χ4v) is 1.99. The van der Waals surface area contributed by atoms with Gasteiger partial charge in [0.1, 0.15) is 11.2 Å². The van der Waals surface area contributed by atoms with Gasteiger partial charge in [0, 0.05) is 18.6 Å². The van der Waals surface area contributed by atoms with Gasteiger partial charge in [-0.05, 0) is 12.3 Å². The van der Waals surface area contributed by atoms with Gasteiger partial charge < -0.3 is 4.90 Å². The zero-order valence-corrected chi connectivity index (χ0v) is 11.3. The predicted octanol–water partition coefficient (Wildman–Crippen LogP) is 2.87. The van der Waals surface area contributed by atoms with Crippen molar-refractivity contribution in [3.05, 3.63) is 41.2 Å². The van der Waals surface area contributed by atoms with Gasteiger partial charge >= 0.3 is 0 Å². The van der Waals surface area contributed by atoms with Gasteiger partial charge in [0.25, 0.3) is 5.91 Å². The summed E-state index contributed by atoms with van der Waals surface area (Å²) in [5, 5.41) is 10.7. The SMILES string of the molecule is CC(C#N)N(C)C(=O)c1cnc(Cl)c2ccccc12. The molecule has 1 unspecified atom stereocenters. The van der Waals surface area contributed by atoms with Crippen molar-refractivity contribution in [3.8, 4) is 6.07 Å². The van der Waals surface area contributed by atoms with Gasteiger partial charge in [0.2, 0.25) is 0 Å². The average molecular weight is 274 g/mol. The third kappa shape index (κ3) is 2.38. The Kier molecular flexibility index (Phi) is 3.68. The molecule has 0 saturated carbocycles. The summed E-state index contributed by atoms with van der Waals surface area (Å²) in [5.74, 6) is -0.241. The Morgan fingerprint density at radius 1 is 1.42 bits per heavy atom. The van der Waals surface area contributed by atoms with E-state index in [1.54, 1.807) is 14.0 Å². The number of benzene rings is 1. The van der Waals surface area contributed by atoms with Crippen LogP contribution < -0.4 is 0 Å². The second kappa shape index (κ2) is 5.25. The fraction of sp³-hybridized carbons (Fsp3) is 0.214. The fourth-order valence-electron chi connectivity index (χ4n) is 1.78. The van der Waals surface area contributed by atoms with Crippen molar-refractivity contribution in [1.29, 1.82) is 5.26 Å². The Hall–Kier alpha value is -2.12. The number of carbonyl (C=O) groups is 1. The number of pyridine rings is 1. The molecule has 0 N–H and O–H groups in total. The summed E-state index contributed by atoms with van der Waals surface area (Å²) >= 11 is 6.01. The lowest BCUT2D eigenvalue weighted by atomic mass is 10.1. The number of hydrogen-bond donors (Lipinski definition) is 0. The normalized spacial score (nSPS) is 11.9. The van der Waals surface area contributed by atoms with Crippen LogP contribution in [0.25, 0.3) is 10.8 Å². The van der Waals surface area contributed by atoms with Crippen LogP contribution in [0, 0.1) is 11.3 Å². The number of hydrogen-bond acceptors (Lipinski definition) is 3. The first-order valence-electron chi connectivity index (χ1n) is 5.76. The van der Waals surface area contributed by atoms with Crippen molar-refractivity contribution in [2.45, 2.75) is 13.0 Å². The van der Waals surface area contributed by atoms with Crippen molar-refractivity contribution in [3.63, 3.8) is 0 Å². The van der Waals surface area contributed by atoms with Crippen LogP contribution >= 0.6 is 11.6 Å². The predicted molar refractivity (Wildman–Crippen MR) is 73.9 cm³/mol. The summed E-state index contributed by atoms with van der Waals surface area (Å²) in [6, 6.07) is 8.85. The van der Waals surface area contributed by atoms with Gasteiger partial charge in [0.05, 0.1) is 11.6 Å². The third-order valence-corrected chi connectivity index (χ3v) is 3.37. The monoisotopic (exact) mass is 273 g/mol. The lowest BCUT2D eigenvalue weighted by Gasteiger charge is -2.20. The van der Waals surface area contributed by atoms with Gasteiger partial charge in [-0.25, -0.2) is 4.98 Å². The molecule has 0 aliphatic rings. The number of amides is 1. The van der Waals surface area contributed by atoms with E-state index in [9.17, 15) is 4.79 Å². The Balaban J connectivity index is 2.55. The molecule has 1 aromatic carbocycles. The molecule has 5 heteroatoms. The molecule has 1 heterocycles. The number of fused-ring (bicyclic) bond motifs is 1. The van der Waals surface area contributed by atoms with Crippen molar-refractivity contribution in [2.24, 2.45) is 0 Å². The van der Waals surface area contributed by atoms with E-state index < -0.39 is 6.04 Å². The molecule has 0 saturated heterocycles. The van der Waals surface area contributed by atoms with Crippen molar-refractivity contribution < 1.29 is 4.79 Å². The van der Waals surface area contributed by atoms with E-state index >= 15 is 0 Å². The molecule has 0 fully saturated rings. The minimum absolute atomic E-state index is 0.241. The molecule has 19 heavy (non-hydrogen) atoms. The van der Waals surface area contributed by atoms with Crippen LogP contribution in [0.15, 0.2) is 30.5 Å². The number of nitriles is 1. The minimum atomic E-state index is -0.498. The smallest absolute Gasteiger partial charge is 0.256 e. The average Bonchev–Trinajstić information content (AvgIpc) is 2.45. The van der Waals surface area contributed by atoms with E-state index in [1.165, 1.54) is 11.1 Å². The molecule has 1 atom stereocenters. The van der Waals surface area contributed by atoms with Gasteiger partial charge in [-0.3, -0.25) is 4.79 Å². The number of aromatic nitrogens is 1. The summed E-state index contributed by atoms with van der Waals surface area (Å²) in [6.07, 6.45) is 1.45. The molecule has 0 radical (unpaired) electrons. The first-order chi connectivity index (χ1) is 9.06. The second-order valence-corrected chi connectivity index (χ2v) is 4.59. The Bertz CT molecular complexity index is 678. The highest BCUT2D eigenvalue weighted by Gasteiger charge is 2.20. The zero-order valence-electron chi connectivity index (χ0n) is 10.6. The second-order valence-electron chi connectivity index (χ2n) is 4.23. The third-order valence-electron chi connectivity index (χ3n) is 3.07. The lowest BCUT2D eigenvalue weighted by molar-refractivity contribution is 0.0775. The van der Waals surface area contributed by atoms with Gasteiger partial charge in [-0.2, -0.15) is 5.26 Å². The maximum absolute atomic E-state index is 12.4. The maximum atomic E-state index is 12.4. The summed E-state index contributed by atoms with van der Waals surface area (Å²) in [6.45, 7) is 1.67. The Morgan fingerprint density at radius 2 is 2.05 bits per heavy atom. The van der Waals surface area contributed by atoms with E-state index in [0.717, 1.165) is 10.8 Å². The van der Waals surface area contributed by atoms with Crippen LogP contribution in [0.2, 0.25) is 5.15 Å². The van der Waals surface area contributed by atoms with Crippen LogP contribution in [0.4, 0.5) is 0 Å². The van der Waals surface area contributed by atoms with Crippen LogP contribution in [-0.4, -0.2) is 28.9 Å². The minimum Gasteiger partial charge on any atom is -0.326 e. The molecule has 0 aliphatic carbocycles. The maximum Gasteiger partial charge on any atom is 0.256 e. The molecule has 96 valence electrons. The molecule has 2 rings (SSSR count). The molecular weight excluding hydrogens is 262 g/mol. The molecule has 1 amide bonds. The molecular formula is C14H12ClN3O. The van der Waals surface area contributed by atoms with Crippen LogP contribution in [0.3, 0.4) is 0 Å². The van der Waals surface area contributed by atoms with Crippen molar-refractivity contribution in [2.75, 3.05) is 7.05 Å². The first-order valence-corrected chi connectivity index (χ1v) is 6.14. The highest BCUT2D eigenvalue weighted by atomic mass is 35.5. The summed E-state index contributed by atoms with van der Waals surface area (Å²) in [5.41, 5.74) is 0.449. The number of halogens is 1. The largest absolute Gasteiger partial charge is 0.326 e. The van der Waals surface area contributed by atoms with E-state index in [1.807, 2.05) is 30.3 Å². The van der Waals surface area contributed by atoms with Crippen LogP contribution in [-0.2, 0) is 0 Å². The molecule has 0 spiro atoms. The standard InChI is InChI=1S/C14H12ClN3O/c1-9(7-16)18(2)14(19)12-8-17-13(15)11-6-4-3-5-10(11)12/h3-6,8-9H,1-2H3. The van der Waals surface area contributed by atoms with E-state index in [2.05, 4.69) is 4.98 Å². The molecule has 1 aromatic heterocycles. The van der Waals surface area contributed by atoms with E-state index in [4.69, 9.17) is 16.9 Å². The highest BCUT2D eigenvalue weighted by molar-refractivity contribution is 6.34. The Labute approximate surface area is 116 Å². The summed E-state index contributed by atoms with van der Waals surface area (Å²) in [7, 11) is 1.60. The van der Waals surface area contributed by atoms with Crippen molar-refractivity contribution in [1.82, 2.24) is 9.88 Å². The van der Waals surface area contributed by atoms with Crippen molar-refractivity contribution >= 4 is 28.3 Å². The number of carbonyl (C=O) groups excluding carboxylic acids is 1. The van der Waals surface area contributed by atoms with Gasteiger partial charge in [-0.15, -0.1) is 0 Å². The Morgan fingerprint density at radius 3 is 2.68 bits per heavy atom. The molecule has 0 aliphatic heterocycles. The van der Waals surface area contributed by atoms with Gasteiger partial charge in [-0.1, -0.05) is 35.9 Å². The summed E-state index contributed by atoms with van der Waals surface area (Å²) in [4.78, 5) is 17.8. The van der Waals surface area contributed by atoms with E-state index in [-0.39, 0.29) is 5.91 Å². The topological polar surface area (TPSA) is 57.0 Å². The highest BCUT2D eigenvalue weighted by Crippen LogP contribution is 2.25. The molecule has 4 nitrogen and oxygen atoms in total. The van der Waals surface area contributed by atoms with Gasteiger partial charge in [0.15, 0.2) is 0 Å². The van der Waals surface area contributed by atoms with Crippen LogP contribution in [0.1, 0.15) is 17.3 Å². The summed E-state index contributed by atoms with van der Waals surface area (Å²) < 4.78 is 0. The lowest BCUT2D eigenvalue weighted by Crippen LogP contribution is -2.34. The quantitative estimate of drug-likeness (QED) is 0.791. The molecule has 2 aromatic rings. The number of rotatable bonds is 2.